The zero-order chi connectivity index (χ0) is 26.8. The molecule has 1 unspecified atom stereocenters. The third-order valence-electron chi connectivity index (χ3n) is 6.20. The van der Waals surface area contributed by atoms with Gasteiger partial charge >= 0.3 is 12.1 Å². The minimum Gasteiger partial charge on any atom is -0.383 e. The minimum absolute atomic E-state index is 0.000488. The lowest BCUT2D eigenvalue weighted by Gasteiger charge is -2.23. The molecule has 37 heavy (non-hydrogen) atoms. The summed E-state index contributed by atoms with van der Waals surface area (Å²) in [5, 5.41) is 7.07. The van der Waals surface area contributed by atoms with Crippen LogP contribution in [0.1, 0.15) is 30.2 Å². The lowest BCUT2D eigenvalue weighted by Crippen LogP contribution is -2.36. The van der Waals surface area contributed by atoms with Crippen molar-refractivity contribution in [3.8, 4) is 11.5 Å². The molecule has 0 radical (unpaired) electrons. The normalized spacial score (nSPS) is 17.8. The van der Waals surface area contributed by atoms with E-state index < -0.39 is 36.3 Å². The average molecular weight is 539 g/mol. The molecule has 1 amide bonds. The lowest BCUT2D eigenvalue weighted by atomic mass is 9.78. The summed E-state index contributed by atoms with van der Waals surface area (Å²) in [6.07, 6.45) is -5.58. The summed E-state index contributed by atoms with van der Waals surface area (Å²) in [5.41, 5.74) is 5.73. The van der Waals surface area contributed by atoms with Gasteiger partial charge in [0, 0.05) is 11.4 Å². The molecule has 1 aliphatic heterocycles. The van der Waals surface area contributed by atoms with Crippen LogP contribution in [0.3, 0.4) is 0 Å². The van der Waals surface area contributed by atoms with Crippen LogP contribution in [0, 0.1) is 0 Å². The summed E-state index contributed by atoms with van der Waals surface area (Å²) < 4.78 is 66.3. The highest BCUT2D eigenvalue weighted by Crippen LogP contribution is 2.45. The number of aromatic nitrogens is 6. The molecule has 3 N–H and O–H groups in total. The Balaban J connectivity index is 1.57. The van der Waals surface area contributed by atoms with Crippen molar-refractivity contribution in [2.24, 2.45) is 0 Å². The van der Waals surface area contributed by atoms with Gasteiger partial charge in [0.15, 0.2) is 11.5 Å². The monoisotopic (exact) mass is 538 g/mol. The number of carbonyl (C=O) groups excluding carboxylic acids is 1. The van der Waals surface area contributed by atoms with E-state index in [1.54, 1.807) is 31.2 Å². The van der Waals surface area contributed by atoms with Gasteiger partial charge in [0.05, 0.1) is 17.5 Å². The Morgan fingerprint density at radius 2 is 1.81 bits per heavy atom. The Morgan fingerprint density at radius 1 is 1.11 bits per heavy atom. The second kappa shape index (κ2) is 8.30. The van der Waals surface area contributed by atoms with Gasteiger partial charge < -0.3 is 11.1 Å². The van der Waals surface area contributed by atoms with Crippen LogP contribution < -0.4 is 11.1 Å². The van der Waals surface area contributed by atoms with E-state index in [1.165, 1.54) is 6.20 Å². The van der Waals surface area contributed by atoms with Crippen LogP contribution in [-0.2, 0) is 16.6 Å². The smallest absolute Gasteiger partial charge is 0.383 e. The summed E-state index contributed by atoms with van der Waals surface area (Å²) in [4.78, 5) is 29.7. The molecular weight excluding hydrogens is 523 g/mol. The predicted octanol–water partition coefficient (Wildman–Crippen LogP) is 4.21. The van der Waals surface area contributed by atoms with Crippen LogP contribution in [0.4, 0.5) is 33.6 Å². The Morgan fingerprint density at radius 3 is 2.49 bits per heavy atom. The molecule has 0 bridgehead atoms. The number of hydrogen-bond donors (Lipinski definition) is 2. The van der Waals surface area contributed by atoms with Gasteiger partial charge in [0.1, 0.15) is 29.1 Å². The molecule has 1 aromatic carbocycles. The van der Waals surface area contributed by atoms with E-state index in [9.17, 15) is 26.7 Å². The molecule has 3 aromatic heterocycles. The largest absolute Gasteiger partial charge is 0.453 e. The van der Waals surface area contributed by atoms with Crippen molar-refractivity contribution in [1.82, 2.24) is 29.5 Å². The highest BCUT2D eigenvalue weighted by atomic mass is 35.5. The molecular formula is C22H16ClF5N8O. The van der Waals surface area contributed by atoms with Gasteiger partial charge in [-0.2, -0.15) is 27.1 Å². The number of amides is 1. The first-order valence-corrected chi connectivity index (χ1v) is 11.1. The predicted molar refractivity (Wildman–Crippen MR) is 122 cm³/mol. The number of nitrogen functional groups attached to an aromatic ring is 1. The molecule has 0 saturated carbocycles. The number of rotatable bonds is 5. The topological polar surface area (TPSA) is 124 Å². The number of carbonyl (C=O) groups is 1. The van der Waals surface area contributed by atoms with Crippen LogP contribution in [-0.4, -0.2) is 47.6 Å². The highest BCUT2D eigenvalue weighted by Gasteiger charge is 2.56. The third-order valence-corrected chi connectivity index (χ3v) is 6.45. The molecule has 4 aromatic rings. The van der Waals surface area contributed by atoms with Crippen LogP contribution in [0.2, 0.25) is 5.02 Å². The van der Waals surface area contributed by atoms with Crippen molar-refractivity contribution in [3.63, 3.8) is 0 Å². The van der Waals surface area contributed by atoms with Crippen LogP contribution in [0.25, 0.3) is 17.2 Å². The number of hydrogen-bond acceptors (Lipinski definition) is 7. The Labute approximate surface area is 209 Å². The lowest BCUT2D eigenvalue weighted by molar-refractivity contribution is -0.284. The standard InChI is InChI=1S/C22H16ClF5N8O/c1-20(10-2-4-11(23)5-3-10)14-15(29)33-16(34-17(14)35-19(20)37)13-8-36-18(30-9-31-36)12(32-13)6-7-21(24,25)22(26,27)28/h2-5,8-9H,6-7H2,1H3,(H3,29,33,34,35,37). The van der Waals surface area contributed by atoms with Gasteiger partial charge in [-0.25, -0.2) is 24.5 Å². The summed E-state index contributed by atoms with van der Waals surface area (Å²) in [6.45, 7) is 1.65. The van der Waals surface area contributed by atoms with E-state index in [0.29, 0.717) is 16.1 Å². The van der Waals surface area contributed by atoms with E-state index in [4.69, 9.17) is 17.3 Å². The van der Waals surface area contributed by atoms with Crippen molar-refractivity contribution in [3.05, 3.63) is 58.6 Å². The summed E-state index contributed by atoms with van der Waals surface area (Å²) >= 11 is 5.97. The number of nitrogens with two attached hydrogens (primary N) is 1. The molecule has 1 atom stereocenters. The molecule has 192 valence electrons. The average Bonchev–Trinajstić information content (AvgIpc) is 3.40. The fourth-order valence-electron chi connectivity index (χ4n) is 4.16. The SMILES string of the molecule is CC1(c2ccc(Cl)cc2)C(=O)Nc2nc(-c3cn4ncnc4c(CCC(F)(F)C(F)(F)F)n3)nc(N)c21. The molecule has 0 aliphatic carbocycles. The number of benzene rings is 1. The van der Waals surface area contributed by atoms with E-state index in [0.717, 1.165) is 10.8 Å². The highest BCUT2D eigenvalue weighted by molar-refractivity contribution is 6.30. The maximum Gasteiger partial charge on any atom is 0.453 e. The number of fused-ring (bicyclic) bond motifs is 2. The summed E-state index contributed by atoms with van der Waals surface area (Å²) in [7, 11) is 0. The Kier molecular flexibility index (Phi) is 5.55. The molecule has 0 spiro atoms. The first kappa shape index (κ1) is 24.7. The van der Waals surface area contributed by atoms with Crippen LogP contribution >= 0.6 is 11.6 Å². The fraction of sp³-hybridized carbons (Fsp3) is 0.273. The second-order valence-corrected chi connectivity index (χ2v) is 8.98. The van der Waals surface area contributed by atoms with Gasteiger partial charge in [-0.15, -0.1) is 0 Å². The molecule has 4 heterocycles. The van der Waals surface area contributed by atoms with E-state index >= 15 is 0 Å². The number of halogens is 6. The number of nitrogens with zero attached hydrogens (tertiary/aromatic N) is 6. The molecule has 9 nitrogen and oxygen atoms in total. The van der Waals surface area contributed by atoms with Crippen molar-refractivity contribution < 1.29 is 26.7 Å². The third kappa shape index (κ3) is 4.00. The molecule has 5 rings (SSSR count). The second-order valence-electron chi connectivity index (χ2n) is 8.55. The van der Waals surface area contributed by atoms with Crippen molar-refractivity contribution >= 4 is 34.8 Å². The van der Waals surface area contributed by atoms with Crippen molar-refractivity contribution in [2.45, 2.75) is 37.3 Å². The Hall–Kier alpha value is -3.94. The molecule has 0 saturated heterocycles. The summed E-state index contributed by atoms with van der Waals surface area (Å²) in [5.74, 6) is -5.39. The first-order chi connectivity index (χ1) is 17.3. The molecule has 1 aliphatic rings. The maximum absolute atomic E-state index is 13.6. The fourth-order valence-corrected chi connectivity index (χ4v) is 4.29. The van der Waals surface area contributed by atoms with Gasteiger partial charge in [-0.05, 0) is 31.0 Å². The van der Waals surface area contributed by atoms with Crippen molar-refractivity contribution in [2.75, 3.05) is 11.1 Å². The van der Waals surface area contributed by atoms with E-state index in [1.807, 2.05) is 0 Å². The molecule has 15 heteroatoms. The number of alkyl halides is 5. The van der Waals surface area contributed by atoms with E-state index in [2.05, 4.69) is 30.4 Å². The van der Waals surface area contributed by atoms with Crippen molar-refractivity contribution in [1.29, 1.82) is 0 Å². The quantitative estimate of drug-likeness (QED) is 0.365. The Bertz CT molecular complexity index is 1540. The first-order valence-electron chi connectivity index (χ1n) is 10.7. The van der Waals surface area contributed by atoms with Gasteiger partial charge in [-0.1, -0.05) is 23.7 Å². The number of aryl methyl sites for hydroxylation is 1. The van der Waals surface area contributed by atoms with Crippen LogP contribution in [0.5, 0.6) is 0 Å². The zero-order valence-corrected chi connectivity index (χ0v) is 19.6. The number of anilines is 2. The van der Waals surface area contributed by atoms with Gasteiger partial charge in [0.2, 0.25) is 5.91 Å². The van der Waals surface area contributed by atoms with E-state index in [-0.39, 0.29) is 34.5 Å². The minimum atomic E-state index is -5.71. The number of nitrogens with one attached hydrogen (secondary N) is 1. The van der Waals surface area contributed by atoms with Crippen LogP contribution in [0.15, 0.2) is 36.8 Å². The molecule has 0 fully saturated rings. The van der Waals surface area contributed by atoms with Gasteiger partial charge in [0.25, 0.3) is 0 Å². The summed E-state index contributed by atoms with van der Waals surface area (Å²) in [6, 6.07) is 6.60. The maximum atomic E-state index is 13.6. The zero-order valence-electron chi connectivity index (χ0n) is 18.8. The van der Waals surface area contributed by atoms with Gasteiger partial charge in [-0.3, -0.25) is 4.79 Å².